The second kappa shape index (κ2) is 10.3. The molecule has 0 amide bonds. The van der Waals surface area contributed by atoms with Gasteiger partial charge in [0.2, 0.25) is 0 Å². The molecule has 3 heterocycles. The van der Waals surface area contributed by atoms with E-state index in [-0.39, 0.29) is 6.42 Å². The number of carbonyl (C=O) groups is 1. The molecule has 0 radical (unpaired) electrons. The van der Waals surface area contributed by atoms with Crippen LogP contribution in [0.25, 0.3) is 39.3 Å². The fourth-order valence-corrected chi connectivity index (χ4v) is 6.49. The lowest BCUT2D eigenvalue weighted by Crippen LogP contribution is -2.22. The number of hydrogen-bond acceptors (Lipinski definition) is 5. The van der Waals surface area contributed by atoms with Gasteiger partial charge in [-0.15, -0.1) is 0 Å². The van der Waals surface area contributed by atoms with Crippen molar-refractivity contribution in [2.75, 3.05) is 10.6 Å². The Hall–Kier alpha value is -4.36. The SMILES string of the molecule is CSN1Cc2cc(-c3cccc(-n4ccnc4)n3)ccc2-c2c(C)c(-c3ccc(C)cc3)c(CC(=O)O)c(C)c21. The summed E-state index contributed by atoms with van der Waals surface area (Å²) in [4.78, 5) is 21.1. The number of imidazole rings is 1. The molecule has 40 heavy (non-hydrogen) atoms. The highest BCUT2D eigenvalue weighted by Crippen LogP contribution is 2.50. The number of nitrogens with zero attached hydrogens (tertiary/aromatic N) is 4. The summed E-state index contributed by atoms with van der Waals surface area (Å²) in [5, 5.41) is 9.87. The van der Waals surface area contributed by atoms with Gasteiger partial charge in [-0.05, 0) is 77.9 Å². The third-order valence-corrected chi connectivity index (χ3v) is 8.47. The number of aliphatic carboxylic acids is 1. The lowest BCUT2D eigenvalue weighted by Gasteiger charge is -2.36. The van der Waals surface area contributed by atoms with Crippen molar-refractivity contribution in [1.82, 2.24) is 14.5 Å². The van der Waals surface area contributed by atoms with Crippen LogP contribution in [-0.4, -0.2) is 31.9 Å². The number of aromatic nitrogens is 3. The van der Waals surface area contributed by atoms with E-state index in [4.69, 9.17) is 4.98 Å². The number of pyridine rings is 1. The van der Waals surface area contributed by atoms with Gasteiger partial charge >= 0.3 is 5.97 Å². The van der Waals surface area contributed by atoms with E-state index in [9.17, 15) is 9.90 Å². The summed E-state index contributed by atoms with van der Waals surface area (Å²) < 4.78 is 4.20. The number of fused-ring (bicyclic) bond motifs is 3. The van der Waals surface area contributed by atoms with E-state index in [2.05, 4.69) is 78.8 Å². The number of hydrogen-bond donors (Lipinski definition) is 1. The van der Waals surface area contributed by atoms with E-state index >= 15 is 0 Å². The smallest absolute Gasteiger partial charge is 0.307 e. The van der Waals surface area contributed by atoms with Crippen LogP contribution in [0.2, 0.25) is 0 Å². The Morgan fingerprint density at radius 3 is 2.45 bits per heavy atom. The average molecular weight is 547 g/mol. The first-order valence-corrected chi connectivity index (χ1v) is 14.4. The van der Waals surface area contributed by atoms with Gasteiger partial charge in [0.1, 0.15) is 12.1 Å². The Kier molecular flexibility index (Phi) is 6.68. The quantitative estimate of drug-likeness (QED) is 0.224. The second-order valence-corrected chi connectivity index (χ2v) is 11.0. The van der Waals surface area contributed by atoms with E-state index in [0.717, 1.165) is 57.1 Å². The lowest BCUT2D eigenvalue weighted by molar-refractivity contribution is -0.136. The summed E-state index contributed by atoms with van der Waals surface area (Å²) in [5.41, 5.74) is 12.9. The first-order chi connectivity index (χ1) is 19.4. The van der Waals surface area contributed by atoms with Crippen LogP contribution in [0.15, 0.2) is 79.4 Å². The molecule has 0 fully saturated rings. The molecule has 6 rings (SSSR count). The molecule has 0 spiro atoms. The molecule has 0 saturated heterocycles. The predicted molar refractivity (Wildman–Crippen MR) is 163 cm³/mol. The molecule has 0 unspecified atom stereocenters. The zero-order valence-corrected chi connectivity index (χ0v) is 23.8. The molecule has 200 valence electrons. The first kappa shape index (κ1) is 25.9. The monoisotopic (exact) mass is 546 g/mol. The van der Waals surface area contributed by atoms with Gasteiger partial charge in [-0.3, -0.25) is 9.36 Å². The fraction of sp³-hybridized carbons (Fsp3) is 0.182. The number of rotatable bonds is 6. The molecule has 6 nitrogen and oxygen atoms in total. The summed E-state index contributed by atoms with van der Waals surface area (Å²) in [6.07, 6.45) is 7.45. The zero-order valence-electron chi connectivity index (χ0n) is 23.0. The van der Waals surface area contributed by atoms with Gasteiger partial charge in [0, 0.05) is 29.8 Å². The van der Waals surface area contributed by atoms with Crippen LogP contribution in [0.3, 0.4) is 0 Å². The molecule has 0 aliphatic carbocycles. The van der Waals surface area contributed by atoms with Gasteiger partial charge in [0.05, 0.1) is 24.3 Å². The third-order valence-electron chi connectivity index (χ3n) is 7.72. The van der Waals surface area contributed by atoms with Crippen molar-refractivity contribution in [2.45, 2.75) is 33.7 Å². The molecular weight excluding hydrogens is 516 g/mol. The zero-order chi connectivity index (χ0) is 28.0. The normalized spacial score (nSPS) is 12.2. The Labute approximate surface area is 238 Å². The molecule has 1 N–H and O–H groups in total. The van der Waals surface area contributed by atoms with Crippen LogP contribution in [-0.2, 0) is 17.8 Å². The van der Waals surface area contributed by atoms with Crippen molar-refractivity contribution < 1.29 is 9.90 Å². The Bertz CT molecular complexity index is 1740. The molecule has 5 aromatic rings. The summed E-state index contributed by atoms with van der Waals surface area (Å²) in [5.74, 6) is 0.00163. The van der Waals surface area contributed by atoms with E-state index in [0.29, 0.717) is 0 Å². The molecular formula is C33H30N4O2S. The van der Waals surface area contributed by atoms with E-state index in [1.165, 1.54) is 22.3 Å². The molecule has 0 bridgehead atoms. The predicted octanol–water partition coefficient (Wildman–Crippen LogP) is 7.42. The number of carboxylic acids is 1. The lowest BCUT2D eigenvalue weighted by atomic mass is 9.80. The van der Waals surface area contributed by atoms with Crippen molar-refractivity contribution in [3.05, 3.63) is 107 Å². The van der Waals surface area contributed by atoms with E-state index in [1.807, 2.05) is 29.0 Å². The van der Waals surface area contributed by atoms with Gasteiger partial charge < -0.3 is 9.41 Å². The van der Waals surface area contributed by atoms with Crippen LogP contribution >= 0.6 is 11.9 Å². The minimum absolute atomic E-state index is 0.0178. The highest BCUT2D eigenvalue weighted by molar-refractivity contribution is 7.99. The van der Waals surface area contributed by atoms with E-state index < -0.39 is 5.97 Å². The topological polar surface area (TPSA) is 71.2 Å². The molecule has 1 aliphatic rings. The van der Waals surface area contributed by atoms with Crippen LogP contribution in [0, 0.1) is 20.8 Å². The molecule has 0 atom stereocenters. The molecule has 1 aliphatic heterocycles. The number of aryl methyl sites for hydroxylation is 1. The van der Waals surface area contributed by atoms with Gasteiger partial charge in [-0.25, -0.2) is 9.97 Å². The van der Waals surface area contributed by atoms with Gasteiger partial charge in [0.25, 0.3) is 0 Å². The van der Waals surface area contributed by atoms with Crippen molar-refractivity contribution in [3.8, 4) is 39.3 Å². The summed E-state index contributed by atoms with van der Waals surface area (Å²) in [6.45, 7) is 6.99. The maximum Gasteiger partial charge on any atom is 0.307 e. The minimum Gasteiger partial charge on any atom is -0.481 e. The maximum absolute atomic E-state index is 12.0. The standard InChI is InChI=1S/C33H30N4O2S/c1-20-8-10-23(11-9-20)31-22(3)32-26-13-12-24(28-6-5-7-29(35-28)36-15-14-34-19-36)16-25(26)18-37(40-4)33(32)21(2)27(31)17-30(38)39/h5-16,19H,17-18H2,1-4H3,(H,38,39). The highest BCUT2D eigenvalue weighted by atomic mass is 32.2. The largest absolute Gasteiger partial charge is 0.481 e. The van der Waals surface area contributed by atoms with Crippen molar-refractivity contribution in [3.63, 3.8) is 0 Å². The molecule has 7 heteroatoms. The Morgan fingerprint density at radius 2 is 1.75 bits per heavy atom. The van der Waals surface area contributed by atoms with E-state index in [1.54, 1.807) is 24.5 Å². The Balaban J connectivity index is 1.55. The minimum atomic E-state index is -0.821. The highest BCUT2D eigenvalue weighted by Gasteiger charge is 2.30. The Morgan fingerprint density at radius 1 is 0.975 bits per heavy atom. The number of benzene rings is 3. The van der Waals surface area contributed by atoms with Gasteiger partial charge in [0.15, 0.2) is 0 Å². The summed E-state index contributed by atoms with van der Waals surface area (Å²) in [7, 11) is 0. The van der Waals surface area contributed by atoms with Gasteiger partial charge in [-0.2, -0.15) is 0 Å². The summed E-state index contributed by atoms with van der Waals surface area (Å²) in [6, 6.07) is 21.0. The fourth-order valence-electron chi connectivity index (χ4n) is 5.81. The third kappa shape index (κ3) is 4.46. The van der Waals surface area contributed by atoms with Crippen LogP contribution < -0.4 is 4.31 Å². The number of carboxylic acid groups (broad SMARTS) is 1. The van der Waals surface area contributed by atoms with Crippen molar-refractivity contribution >= 4 is 23.6 Å². The van der Waals surface area contributed by atoms with Crippen molar-refractivity contribution in [2.24, 2.45) is 0 Å². The second-order valence-electron chi connectivity index (χ2n) is 10.2. The molecule has 2 aromatic heterocycles. The molecule has 3 aromatic carbocycles. The maximum atomic E-state index is 12.0. The van der Waals surface area contributed by atoms with Crippen LogP contribution in [0.5, 0.6) is 0 Å². The van der Waals surface area contributed by atoms with Gasteiger partial charge in [-0.1, -0.05) is 60.0 Å². The molecule has 0 saturated carbocycles. The first-order valence-electron chi connectivity index (χ1n) is 13.2. The van der Waals surface area contributed by atoms with Crippen molar-refractivity contribution in [1.29, 1.82) is 0 Å². The summed E-state index contributed by atoms with van der Waals surface area (Å²) >= 11 is 1.67. The number of anilines is 1. The van der Waals surface area contributed by atoms with Crippen LogP contribution in [0.1, 0.15) is 27.8 Å². The van der Waals surface area contributed by atoms with Crippen LogP contribution in [0.4, 0.5) is 5.69 Å². The average Bonchev–Trinajstić information content (AvgIpc) is 3.50.